The minimum absolute atomic E-state index is 0.294. The van der Waals surface area contributed by atoms with Crippen LogP contribution in [0.15, 0.2) is 46.3 Å². The molecule has 2 aromatic rings. The van der Waals surface area contributed by atoms with Crippen LogP contribution in [0.2, 0.25) is 0 Å². The highest BCUT2D eigenvalue weighted by Crippen LogP contribution is 2.17. The number of thiophene rings is 1. The predicted octanol–water partition coefficient (Wildman–Crippen LogP) is 3.08. The van der Waals surface area contributed by atoms with Gasteiger partial charge < -0.3 is 15.2 Å². The van der Waals surface area contributed by atoms with Gasteiger partial charge in [-0.2, -0.15) is 0 Å². The van der Waals surface area contributed by atoms with Crippen LogP contribution in [-0.2, 0) is 6.42 Å². The molecule has 0 radical (unpaired) electrons. The molecule has 1 atom stereocenters. The zero-order chi connectivity index (χ0) is 14.2. The van der Waals surface area contributed by atoms with Crippen LogP contribution in [0, 0.1) is 0 Å². The van der Waals surface area contributed by atoms with Gasteiger partial charge in [0.1, 0.15) is 18.5 Å². The maximum Gasteiger partial charge on any atom is 0.120 e. The minimum Gasteiger partial charge on any atom is -0.491 e. The van der Waals surface area contributed by atoms with Crippen LogP contribution < -0.4 is 10.1 Å². The summed E-state index contributed by atoms with van der Waals surface area (Å²) in [7, 11) is 0. The molecule has 2 rings (SSSR count). The maximum absolute atomic E-state index is 9.84. The normalized spacial score (nSPS) is 12.3. The fourth-order valence-electron chi connectivity index (χ4n) is 1.74. The van der Waals surface area contributed by atoms with E-state index in [1.54, 1.807) is 11.3 Å². The standard InChI is InChI=1S/C15H18BrNO2S/c16-12-3-1-4-14(9-12)19-11-13(18)10-17-7-6-15-5-2-8-20-15/h1-5,8-9,13,17-18H,6-7,10-11H2. The van der Waals surface area contributed by atoms with Crippen LogP contribution in [0.5, 0.6) is 5.75 Å². The highest BCUT2D eigenvalue weighted by molar-refractivity contribution is 9.10. The van der Waals surface area contributed by atoms with Gasteiger partial charge in [0.05, 0.1) is 0 Å². The van der Waals surface area contributed by atoms with Crippen molar-refractivity contribution in [3.63, 3.8) is 0 Å². The van der Waals surface area contributed by atoms with Crippen LogP contribution in [0.4, 0.5) is 0 Å². The molecule has 0 aliphatic rings. The summed E-state index contributed by atoms with van der Waals surface area (Å²) in [6.45, 7) is 1.70. The maximum atomic E-state index is 9.84. The summed E-state index contributed by atoms with van der Waals surface area (Å²) >= 11 is 5.14. The van der Waals surface area contributed by atoms with E-state index in [1.165, 1.54) is 4.88 Å². The summed E-state index contributed by atoms with van der Waals surface area (Å²) < 4.78 is 6.50. The van der Waals surface area contributed by atoms with E-state index in [2.05, 4.69) is 38.8 Å². The van der Waals surface area contributed by atoms with Crippen molar-refractivity contribution in [3.8, 4) is 5.75 Å². The first kappa shape index (κ1) is 15.5. The molecule has 0 aliphatic heterocycles. The third kappa shape index (κ3) is 5.63. The van der Waals surface area contributed by atoms with E-state index >= 15 is 0 Å². The van der Waals surface area contributed by atoms with Crippen molar-refractivity contribution < 1.29 is 9.84 Å². The van der Waals surface area contributed by atoms with Gasteiger partial charge in [-0.15, -0.1) is 11.3 Å². The number of halogens is 1. The molecule has 1 aromatic heterocycles. The third-order valence-electron chi connectivity index (χ3n) is 2.75. The average Bonchev–Trinajstić information content (AvgIpc) is 2.95. The lowest BCUT2D eigenvalue weighted by molar-refractivity contribution is 0.106. The number of nitrogens with one attached hydrogen (secondary N) is 1. The minimum atomic E-state index is -0.502. The Balaban J connectivity index is 1.59. The first-order chi connectivity index (χ1) is 9.74. The molecule has 1 aromatic carbocycles. The molecule has 20 heavy (non-hydrogen) atoms. The molecule has 0 bridgehead atoms. The Labute approximate surface area is 131 Å². The molecule has 108 valence electrons. The summed E-state index contributed by atoms with van der Waals surface area (Å²) in [6, 6.07) is 11.8. The van der Waals surface area contributed by atoms with E-state index in [1.807, 2.05) is 24.3 Å². The molecular formula is C15H18BrNO2S. The Morgan fingerprint density at radius 1 is 1.30 bits per heavy atom. The molecule has 0 aliphatic carbocycles. The number of aliphatic hydroxyl groups is 1. The lowest BCUT2D eigenvalue weighted by atomic mass is 10.3. The van der Waals surface area contributed by atoms with Crippen LogP contribution in [0.3, 0.4) is 0 Å². The smallest absolute Gasteiger partial charge is 0.120 e. The van der Waals surface area contributed by atoms with E-state index in [-0.39, 0.29) is 0 Å². The monoisotopic (exact) mass is 355 g/mol. The van der Waals surface area contributed by atoms with Crippen LogP contribution in [-0.4, -0.2) is 30.9 Å². The lowest BCUT2D eigenvalue weighted by Gasteiger charge is -2.13. The van der Waals surface area contributed by atoms with Gasteiger partial charge in [-0.3, -0.25) is 0 Å². The molecule has 0 saturated carbocycles. The van der Waals surface area contributed by atoms with Crippen molar-refractivity contribution >= 4 is 27.3 Å². The van der Waals surface area contributed by atoms with E-state index in [4.69, 9.17) is 4.74 Å². The summed E-state index contributed by atoms with van der Waals surface area (Å²) in [6.07, 6.45) is 0.494. The average molecular weight is 356 g/mol. The van der Waals surface area contributed by atoms with Crippen LogP contribution in [0.25, 0.3) is 0 Å². The van der Waals surface area contributed by atoms with Crippen molar-refractivity contribution in [1.29, 1.82) is 0 Å². The van der Waals surface area contributed by atoms with Crippen molar-refractivity contribution in [3.05, 3.63) is 51.1 Å². The molecule has 1 unspecified atom stereocenters. The zero-order valence-electron chi connectivity index (χ0n) is 11.1. The van der Waals surface area contributed by atoms with Gasteiger partial charge in [0.15, 0.2) is 0 Å². The molecule has 5 heteroatoms. The fraction of sp³-hybridized carbons (Fsp3) is 0.333. The number of hydrogen-bond acceptors (Lipinski definition) is 4. The quantitative estimate of drug-likeness (QED) is 0.715. The van der Waals surface area contributed by atoms with E-state index in [0.717, 1.165) is 23.2 Å². The SMILES string of the molecule is OC(CNCCc1cccs1)COc1cccc(Br)c1. The zero-order valence-corrected chi connectivity index (χ0v) is 13.5. The van der Waals surface area contributed by atoms with E-state index < -0.39 is 6.10 Å². The van der Waals surface area contributed by atoms with E-state index in [0.29, 0.717) is 13.2 Å². The van der Waals surface area contributed by atoms with E-state index in [9.17, 15) is 5.11 Å². The molecule has 0 saturated heterocycles. The molecule has 2 N–H and O–H groups in total. The molecule has 0 amide bonds. The molecule has 0 fully saturated rings. The summed E-state index contributed by atoms with van der Waals surface area (Å²) in [5.41, 5.74) is 0. The predicted molar refractivity (Wildman–Crippen MR) is 86.5 cm³/mol. The first-order valence-electron chi connectivity index (χ1n) is 6.53. The number of ether oxygens (including phenoxy) is 1. The second-order valence-electron chi connectivity index (χ2n) is 4.46. The van der Waals surface area contributed by atoms with Gasteiger partial charge in [-0.1, -0.05) is 28.1 Å². The molecule has 3 nitrogen and oxygen atoms in total. The molecule has 0 spiro atoms. The number of hydrogen-bond donors (Lipinski definition) is 2. The summed E-state index contributed by atoms with van der Waals surface area (Å²) in [5, 5.41) is 15.2. The van der Waals surface area contributed by atoms with Gasteiger partial charge in [0.2, 0.25) is 0 Å². The summed E-state index contributed by atoms with van der Waals surface area (Å²) in [5.74, 6) is 0.761. The Bertz CT molecular complexity index is 504. The topological polar surface area (TPSA) is 41.5 Å². The Morgan fingerprint density at radius 2 is 2.20 bits per heavy atom. The molecular weight excluding hydrogens is 338 g/mol. The summed E-state index contributed by atoms with van der Waals surface area (Å²) in [4.78, 5) is 1.36. The van der Waals surface area contributed by atoms with Crippen molar-refractivity contribution in [1.82, 2.24) is 5.32 Å². The first-order valence-corrected chi connectivity index (χ1v) is 8.21. The number of rotatable bonds is 8. The van der Waals surface area contributed by atoms with Crippen LogP contribution in [0.1, 0.15) is 4.88 Å². The Morgan fingerprint density at radius 3 is 2.95 bits per heavy atom. The van der Waals surface area contributed by atoms with Crippen molar-refractivity contribution in [2.24, 2.45) is 0 Å². The van der Waals surface area contributed by atoms with Gasteiger partial charge >= 0.3 is 0 Å². The Kier molecular flexibility index (Phi) is 6.53. The second-order valence-corrected chi connectivity index (χ2v) is 6.40. The largest absolute Gasteiger partial charge is 0.491 e. The van der Waals surface area contributed by atoms with Gasteiger partial charge in [0, 0.05) is 22.4 Å². The highest BCUT2D eigenvalue weighted by Gasteiger charge is 2.05. The third-order valence-corrected chi connectivity index (χ3v) is 4.18. The second kappa shape index (κ2) is 8.42. The highest BCUT2D eigenvalue weighted by atomic mass is 79.9. The number of benzene rings is 1. The van der Waals surface area contributed by atoms with Gasteiger partial charge in [0.25, 0.3) is 0 Å². The fourth-order valence-corrected chi connectivity index (χ4v) is 2.83. The van der Waals surface area contributed by atoms with Gasteiger partial charge in [-0.25, -0.2) is 0 Å². The number of aliphatic hydroxyl groups excluding tert-OH is 1. The molecule has 1 heterocycles. The van der Waals surface area contributed by atoms with Gasteiger partial charge in [-0.05, 0) is 36.1 Å². The van der Waals surface area contributed by atoms with Crippen LogP contribution >= 0.6 is 27.3 Å². The van der Waals surface area contributed by atoms with Crippen molar-refractivity contribution in [2.45, 2.75) is 12.5 Å². The Hall–Kier alpha value is -0.880. The van der Waals surface area contributed by atoms with Crippen molar-refractivity contribution in [2.75, 3.05) is 19.7 Å². The lowest BCUT2D eigenvalue weighted by Crippen LogP contribution is -2.32.